The van der Waals surface area contributed by atoms with E-state index >= 15 is 0 Å². The Labute approximate surface area is 77.1 Å². The largest absolute Gasteiger partial charge is 0.465 e. The highest BCUT2D eigenvalue weighted by atomic mass is 16.5. The first-order valence-electron chi connectivity index (χ1n) is 3.78. The average molecular weight is 194 g/mol. The molecular formula is C8H6N2O4. The highest BCUT2D eigenvalue weighted by Crippen LogP contribution is 2.18. The number of aromatic amines is 1. The van der Waals surface area contributed by atoms with E-state index in [9.17, 15) is 9.59 Å². The lowest BCUT2D eigenvalue weighted by atomic mass is 10.2. The van der Waals surface area contributed by atoms with E-state index in [0.29, 0.717) is 5.52 Å². The molecule has 2 rings (SSSR count). The van der Waals surface area contributed by atoms with Gasteiger partial charge in [0.2, 0.25) is 0 Å². The Bertz CT molecular complexity index is 540. The molecule has 0 bridgehead atoms. The highest BCUT2D eigenvalue weighted by molar-refractivity contribution is 5.97. The Morgan fingerprint density at radius 3 is 3.00 bits per heavy atom. The van der Waals surface area contributed by atoms with Gasteiger partial charge in [0.05, 0.1) is 11.2 Å². The first-order chi connectivity index (χ1) is 6.68. The SMILES string of the molecule is O=C(O)Nc1cccc2[nH]oc(=O)c12. The van der Waals surface area contributed by atoms with Crippen molar-refractivity contribution in [2.45, 2.75) is 0 Å². The number of amides is 1. The molecule has 0 saturated carbocycles. The monoisotopic (exact) mass is 194 g/mol. The minimum Gasteiger partial charge on any atom is -0.465 e. The third-order valence-corrected chi connectivity index (χ3v) is 1.76. The molecule has 6 nitrogen and oxygen atoms in total. The number of nitrogens with one attached hydrogen (secondary N) is 2. The van der Waals surface area contributed by atoms with Crippen LogP contribution in [0.15, 0.2) is 27.5 Å². The van der Waals surface area contributed by atoms with Crippen LogP contribution in [0.5, 0.6) is 0 Å². The van der Waals surface area contributed by atoms with Crippen LogP contribution in [0.4, 0.5) is 10.5 Å². The quantitative estimate of drug-likeness (QED) is 0.635. The van der Waals surface area contributed by atoms with Gasteiger partial charge in [-0.2, -0.15) is 0 Å². The molecule has 1 amide bonds. The topological polar surface area (TPSA) is 95.3 Å². The van der Waals surface area contributed by atoms with Crippen molar-refractivity contribution in [1.29, 1.82) is 0 Å². The van der Waals surface area contributed by atoms with Crippen LogP contribution < -0.4 is 10.9 Å². The normalized spacial score (nSPS) is 10.3. The number of carboxylic acid groups (broad SMARTS) is 1. The van der Waals surface area contributed by atoms with Gasteiger partial charge >= 0.3 is 11.7 Å². The van der Waals surface area contributed by atoms with E-state index in [4.69, 9.17) is 5.11 Å². The second-order valence-electron chi connectivity index (χ2n) is 2.65. The molecule has 0 spiro atoms. The summed E-state index contributed by atoms with van der Waals surface area (Å²) in [5, 5.41) is 13.2. The van der Waals surface area contributed by atoms with Crippen LogP contribution in [0.2, 0.25) is 0 Å². The molecule has 6 heteroatoms. The molecule has 0 aliphatic carbocycles. The molecule has 2 aromatic rings. The summed E-state index contributed by atoms with van der Waals surface area (Å²) in [4.78, 5) is 21.5. The maximum absolute atomic E-state index is 11.2. The first kappa shape index (κ1) is 8.36. The van der Waals surface area contributed by atoms with E-state index in [1.54, 1.807) is 12.1 Å². The summed E-state index contributed by atoms with van der Waals surface area (Å²) in [5.74, 6) is 0. The van der Waals surface area contributed by atoms with Gasteiger partial charge in [-0.3, -0.25) is 5.32 Å². The maximum atomic E-state index is 11.2. The van der Waals surface area contributed by atoms with Crippen molar-refractivity contribution >= 4 is 22.7 Å². The molecule has 1 aromatic heterocycles. The number of fused-ring (bicyclic) bond motifs is 1. The summed E-state index contributed by atoms with van der Waals surface area (Å²) in [5.41, 5.74) is 0.0793. The zero-order chi connectivity index (χ0) is 10.1. The van der Waals surface area contributed by atoms with Gasteiger partial charge < -0.3 is 9.63 Å². The fourth-order valence-electron chi connectivity index (χ4n) is 1.23. The molecule has 0 aliphatic rings. The van der Waals surface area contributed by atoms with Gasteiger partial charge in [0.15, 0.2) is 0 Å². The summed E-state index contributed by atoms with van der Waals surface area (Å²) in [6, 6.07) is 4.72. The van der Waals surface area contributed by atoms with Crippen LogP contribution in [0, 0.1) is 0 Å². The van der Waals surface area contributed by atoms with Gasteiger partial charge in [0.25, 0.3) is 0 Å². The van der Waals surface area contributed by atoms with Gasteiger partial charge in [0, 0.05) is 0 Å². The summed E-state index contributed by atoms with van der Waals surface area (Å²) in [7, 11) is 0. The average Bonchev–Trinajstić information content (AvgIpc) is 2.48. The van der Waals surface area contributed by atoms with E-state index in [1.165, 1.54) is 6.07 Å². The molecule has 3 N–H and O–H groups in total. The molecule has 72 valence electrons. The van der Waals surface area contributed by atoms with Gasteiger partial charge in [-0.05, 0) is 12.1 Å². The second kappa shape index (κ2) is 2.91. The van der Waals surface area contributed by atoms with Crippen molar-refractivity contribution in [2.75, 3.05) is 5.32 Å². The number of hydrogen-bond donors (Lipinski definition) is 3. The first-order valence-corrected chi connectivity index (χ1v) is 3.78. The number of benzene rings is 1. The fraction of sp³-hybridized carbons (Fsp3) is 0. The number of aromatic nitrogens is 1. The Morgan fingerprint density at radius 2 is 2.29 bits per heavy atom. The Balaban J connectivity index is 2.69. The summed E-state index contributed by atoms with van der Waals surface area (Å²) in [6.45, 7) is 0. The lowest BCUT2D eigenvalue weighted by Crippen LogP contribution is -2.09. The Hall–Kier alpha value is -2.24. The van der Waals surface area contributed by atoms with Crippen LogP contribution in [-0.4, -0.2) is 16.4 Å². The molecular weight excluding hydrogens is 188 g/mol. The molecule has 1 heterocycles. The number of H-pyrrole nitrogens is 1. The van der Waals surface area contributed by atoms with Crippen LogP contribution in [0.25, 0.3) is 10.9 Å². The smallest absolute Gasteiger partial charge is 0.409 e. The van der Waals surface area contributed by atoms with Gasteiger partial charge in [0.1, 0.15) is 5.39 Å². The zero-order valence-electron chi connectivity index (χ0n) is 6.90. The van der Waals surface area contributed by atoms with Gasteiger partial charge in [-0.1, -0.05) is 6.07 Å². The van der Waals surface area contributed by atoms with E-state index < -0.39 is 11.7 Å². The molecule has 0 aliphatic heterocycles. The standard InChI is InChI=1S/C8H6N2O4/c11-7-6-4(9-8(12)13)2-1-3-5(6)10-14-7/h1-3,9-10H,(H,12,13). The zero-order valence-corrected chi connectivity index (χ0v) is 6.90. The van der Waals surface area contributed by atoms with Gasteiger partial charge in [-0.25, -0.2) is 14.7 Å². The second-order valence-corrected chi connectivity index (χ2v) is 2.65. The summed E-state index contributed by atoms with van der Waals surface area (Å²) in [6.07, 6.45) is -1.22. The number of anilines is 1. The molecule has 0 saturated heterocycles. The minimum absolute atomic E-state index is 0.204. The molecule has 1 aromatic carbocycles. The lowest BCUT2D eigenvalue weighted by molar-refractivity contribution is 0.210. The predicted molar refractivity (Wildman–Crippen MR) is 48.5 cm³/mol. The third-order valence-electron chi connectivity index (χ3n) is 1.76. The van der Waals surface area contributed by atoms with Crippen molar-refractivity contribution in [3.63, 3.8) is 0 Å². The van der Waals surface area contributed by atoms with E-state index in [-0.39, 0.29) is 11.1 Å². The van der Waals surface area contributed by atoms with Crippen molar-refractivity contribution < 1.29 is 14.4 Å². The summed E-state index contributed by atoms with van der Waals surface area (Å²) >= 11 is 0. The summed E-state index contributed by atoms with van der Waals surface area (Å²) < 4.78 is 4.52. The van der Waals surface area contributed by atoms with E-state index in [2.05, 4.69) is 15.0 Å². The van der Waals surface area contributed by atoms with E-state index in [0.717, 1.165) is 0 Å². The number of hydrogen-bond acceptors (Lipinski definition) is 3. The molecule has 0 atom stereocenters. The molecule has 14 heavy (non-hydrogen) atoms. The molecule has 0 unspecified atom stereocenters. The Kier molecular flexibility index (Phi) is 1.74. The highest BCUT2D eigenvalue weighted by Gasteiger charge is 2.09. The number of rotatable bonds is 1. The lowest BCUT2D eigenvalue weighted by Gasteiger charge is -1.99. The molecule has 0 fully saturated rings. The van der Waals surface area contributed by atoms with Crippen LogP contribution in [-0.2, 0) is 0 Å². The fourth-order valence-corrected chi connectivity index (χ4v) is 1.23. The van der Waals surface area contributed by atoms with Crippen molar-refractivity contribution in [1.82, 2.24) is 5.16 Å². The van der Waals surface area contributed by atoms with Crippen molar-refractivity contribution in [3.8, 4) is 0 Å². The van der Waals surface area contributed by atoms with Crippen LogP contribution in [0.1, 0.15) is 0 Å². The van der Waals surface area contributed by atoms with E-state index in [1.807, 2.05) is 0 Å². The van der Waals surface area contributed by atoms with Crippen LogP contribution in [0.3, 0.4) is 0 Å². The Morgan fingerprint density at radius 1 is 1.50 bits per heavy atom. The maximum Gasteiger partial charge on any atom is 0.409 e. The predicted octanol–water partition coefficient (Wildman–Crippen LogP) is 1.21. The molecule has 0 radical (unpaired) electrons. The van der Waals surface area contributed by atoms with Crippen molar-refractivity contribution in [2.24, 2.45) is 0 Å². The van der Waals surface area contributed by atoms with Crippen molar-refractivity contribution in [3.05, 3.63) is 28.6 Å². The van der Waals surface area contributed by atoms with Gasteiger partial charge in [-0.15, -0.1) is 0 Å². The minimum atomic E-state index is -1.22. The number of carbonyl (C=O) groups is 1. The van der Waals surface area contributed by atoms with Crippen LogP contribution >= 0.6 is 0 Å². The third kappa shape index (κ3) is 1.22.